The van der Waals surface area contributed by atoms with Crippen LogP contribution in [-0.2, 0) is 18.3 Å². The minimum Gasteiger partial charge on any atom is -0.331 e. The molecule has 118 valence electrons. The van der Waals surface area contributed by atoms with Gasteiger partial charge < -0.3 is 4.57 Å². The van der Waals surface area contributed by atoms with Gasteiger partial charge in [0.15, 0.2) is 0 Å². The third-order valence-electron chi connectivity index (χ3n) is 3.17. The second-order valence-corrected chi connectivity index (χ2v) is 4.76. The zero-order valence-corrected chi connectivity index (χ0v) is 11.7. The standard InChI is InChI=1S/C14H14F3N3O2/c1-20-11-4-2-9(3-5-13(21)19-22)8-10(11)18-12(20)6-7-14(15,16)17/h2-5,8,22H,6-7H2,1H3,(H,19,21)/b5-3+. The molecule has 0 atom stereocenters. The van der Waals surface area contributed by atoms with Gasteiger partial charge in [-0.2, -0.15) is 13.2 Å². The van der Waals surface area contributed by atoms with E-state index in [4.69, 9.17) is 5.21 Å². The number of nitrogens with zero attached hydrogens (tertiary/aromatic N) is 2. The lowest BCUT2D eigenvalue weighted by molar-refractivity contribution is -0.134. The van der Waals surface area contributed by atoms with Gasteiger partial charge in [0.2, 0.25) is 0 Å². The maximum atomic E-state index is 12.3. The average Bonchev–Trinajstić information content (AvgIpc) is 2.78. The van der Waals surface area contributed by atoms with Crippen LogP contribution in [0.4, 0.5) is 13.2 Å². The number of hydroxylamine groups is 1. The van der Waals surface area contributed by atoms with E-state index in [1.54, 1.807) is 29.8 Å². The average molecular weight is 313 g/mol. The first-order valence-electron chi connectivity index (χ1n) is 6.44. The van der Waals surface area contributed by atoms with Crippen molar-refractivity contribution in [3.05, 3.63) is 35.7 Å². The highest BCUT2D eigenvalue weighted by atomic mass is 19.4. The van der Waals surface area contributed by atoms with Crippen LogP contribution in [0.2, 0.25) is 0 Å². The molecule has 2 N–H and O–H groups in total. The molecule has 2 rings (SSSR count). The Morgan fingerprint density at radius 1 is 1.45 bits per heavy atom. The third kappa shape index (κ3) is 3.85. The normalized spacial score (nSPS) is 12.2. The number of amides is 1. The molecular weight excluding hydrogens is 299 g/mol. The lowest BCUT2D eigenvalue weighted by Crippen LogP contribution is -2.14. The van der Waals surface area contributed by atoms with Gasteiger partial charge in [0.25, 0.3) is 5.91 Å². The molecule has 0 aliphatic rings. The second-order valence-electron chi connectivity index (χ2n) is 4.76. The van der Waals surface area contributed by atoms with Crippen LogP contribution in [0.1, 0.15) is 17.8 Å². The smallest absolute Gasteiger partial charge is 0.331 e. The molecule has 0 saturated carbocycles. The van der Waals surface area contributed by atoms with Crippen molar-refractivity contribution < 1.29 is 23.2 Å². The Balaban J connectivity index is 2.26. The van der Waals surface area contributed by atoms with Crippen molar-refractivity contribution in [2.24, 2.45) is 7.05 Å². The summed E-state index contributed by atoms with van der Waals surface area (Å²) in [5.41, 5.74) is 3.37. The minimum atomic E-state index is -4.22. The molecule has 1 amide bonds. The van der Waals surface area contributed by atoms with E-state index in [9.17, 15) is 18.0 Å². The fourth-order valence-electron chi connectivity index (χ4n) is 2.06. The highest BCUT2D eigenvalue weighted by molar-refractivity contribution is 5.91. The SMILES string of the molecule is Cn1c(CCC(F)(F)F)nc2cc(/C=C/C(=O)NO)ccc21. The van der Waals surface area contributed by atoms with E-state index in [0.29, 0.717) is 22.4 Å². The van der Waals surface area contributed by atoms with Crippen LogP contribution in [-0.4, -0.2) is 26.8 Å². The Labute approximate surface area is 124 Å². The molecule has 1 aromatic heterocycles. The number of hydrogen-bond donors (Lipinski definition) is 2. The van der Waals surface area contributed by atoms with Gasteiger partial charge in [-0.25, -0.2) is 10.5 Å². The maximum absolute atomic E-state index is 12.3. The Morgan fingerprint density at radius 2 is 2.18 bits per heavy atom. The van der Waals surface area contributed by atoms with Crippen LogP contribution in [0.15, 0.2) is 24.3 Å². The van der Waals surface area contributed by atoms with Gasteiger partial charge in [0.1, 0.15) is 5.82 Å². The Morgan fingerprint density at radius 3 is 2.82 bits per heavy atom. The summed E-state index contributed by atoms with van der Waals surface area (Å²) >= 11 is 0. The molecule has 0 bridgehead atoms. The van der Waals surface area contributed by atoms with E-state index in [2.05, 4.69) is 4.98 Å². The van der Waals surface area contributed by atoms with E-state index >= 15 is 0 Å². The first-order chi connectivity index (χ1) is 10.3. The third-order valence-corrected chi connectivity index (χ3v) is 3.17. The molecule has 0 unspecified atom stereocenters. The van der Waals surface area contributed by atoms with Crippen molar-refractivity contribution >= 4 is 23.0 Å². The number of alkyl halides is 3. The molecule has 0 fully saturated rings. The van der Waals surface area contributed by atoms with Crippen LogP contribution in [0.5, 0.6) is 0 Å². The lowest BCUT2D eigenvalue weighted by Gasteiger charge is -2.05. The summed E-state index contributed by atoms with van der Waals surface area (Å²) in [7, 11) is 1.66. The molecule has 1 heterocycles. The molecule has 0 aliphatic heterocycles. The van der Waals surface area contributed by atoms with Gasteiger partial charge in [-0.3, -0.25) is 10.0 Å². The first-order valence-corrected chi connectivity index (χ1v) is 6.44. The van der Waals surface area contributed by atoms with Crippen molar-refractivity contribution in [1.82, 2.24) is 15.0 Å². The van der Waals surface area contributed by atoms with Crippen molar-refractivity contribution in [2.45, 2.75) is 19.0 Å². The number of benzene rings is 1. The molecule has 0 radical (unpaired) electrons. The fourth-order valence-corrected chi connectivity index (χ4v) is 2.06. The fraction of sp³-hybridized carbons (Fsp3) is 0.286. The van der Waals surface area contributed by atoms with Gasteiger partial charge in [0, 0.05) is 19.5 Å². The van der Waals surface area contributed by atoms with Crippen molar-refractivity contribution in [2.75, 3.05) is 0 Å². The first kappa shape index (κ1) is 16.0. The van der Waals surface area contributed by atoms with Gasteiger partial charge in [-0.1, -0.05) is 6.07 Å². The van der Waals surface area contributed by atoms with Crippen molar-refractivity contribution in [1.29, 1.82) is 0 Å². The number of imidazole rings is 1. The van der Waals surface area contributed by atoms with Crippen LogP contribution in [0.25, 0.3) is 17.1 Å². The summed E-state index contributed by atoms with van der Waals surface area (Å²) < 4.78 is 38.5. The Bertz CT molecular complexity index is 720. The number of hydrogen-bond acceptors (Lipinski definition) is 3. The zero-order chi connectivity index (χ0) is 16.3. The summed E-state index contributed by atoms with van der Waals surface area (Å²) in [4.78, 5) is 15.1. The number of fused-ring (bicyclic) bond motifs is 1. The molecule has 8 heteroatoms. The Hall–Kier alpha value is -2.35. The maximum Gasteiger partial charge on any atom is 0.389 e. The van der Waals surface area contributed by atoms with E-state index in [0.717, 1.165) is 6.08 Å². The summed E-state index contributed by atoms with van der Waals surface area (Å²) in [5.74, 6) is -0.325. The van der Waals surface area contributed by atoms with Gasteiger partial charge in [-0.05, 0) is 23.8 Å². The monoisotopic (exact) mass is 313 g/mol. The van der Waals surface area contributed by atoms with E-state index < -0.39 is 18.5 Å². The molecule has 5 nitrogen and oxygen atoms in total. The number of carbonyl (C=O) groups is 1. The highest BCUT2D eigenvalue weighted by Gasteiger charge is 2.27. The number of nitrogens with one attached hydrogen (secondary N) is 1. The zero-order valence-electron chi connectivity index (χ0n) is 11.7. The second kappa shape index (κ2) is 6.18. The van der Waals surface area contributed by atoms with Gasteiger partial charge >= 0.3 is 6.18 Å². The molecule has 1 aromatic carbocycles. The van der Waals surface area contributed by atoms with Crippen LogP contribution >= 0.6 is 0 Å². The molecule has 22 heavy (non-hydrogen) atoms. The van der Waals surface area contributed by atoms with Crippen molar-refractivity contribution in [3.63, 3.8) is 0 Å². The highest BCUT2D eigenvalue weighted by Crippen LogP contribution is 2.24. The number of aromatic nitrogens is 2. The van der Waals surface area contributed by atoms with E-state index in [-0.39, 0.29) is 6.42 Å². The summed E-state index contributed by atoms with van der Waals surface area (Å²) in [5, 5.41) is 8.39. The molecular formula is C14H14F3N3O2. The van der Waals surface area contributed by atoms with Gasteiger partial charge in [0.05, 0.1) is 17.5 Å². The summed E-state index contributed by atoms with van der Waals surface area (Å²) in [6.07, 6.45) is -2.73. The Kier molecular flexibility index (Phi) is 4.51. The topological polar surface area (TPSA) is 67.2 Å². The van der Waals surface area contributed by atoms with Crippen LogP contribution in [0.3, 0.4) is 0 Å². The number of rotatable bonds is 4. The molecule has 0 saturated heterocycles. The minimum absolute atomic E-state index is 0.188. The largest absolute Gasteiger partial charge is 0.389 e. The van der Waals surface area contributed by atoms with E-state index in [1.807, 2.05) is 0 Å². The predicted octanol–water partition coefficient (Wildman–Crippen LogP) is 2.59. The van der Waals surface area contributed by atoms with Gasteiger partial charge in [-0.15, -0.1) is 0 Å². The molecule has 0 aliphatic carbocycles. The summed E-state index contributed by atoms with van der Waals surface area (Å²) in [6.45, 7) is 0. The number of carbonyl (C=O) groups excluding carboxylic acids is 1. The number of aryl methyl sites for hydroxylation is 2. The number of halogens is 3. The quantitative estimate of drug-likeness (QED) is 0.518. The molecule has 2 aromatic rings. The lowest BCUT2D eigenvalue weighted by atomic mass is 10.2. The van der Waals surface area contributed by atoms with E-state index in [1.165, 1.54) is 11.6 Å². The van der Waals surface area contributed by atoms with Crippen LogP contribution in [0, 0.1) is 0 Å². The molecule has 0 spiro atoms. The summed E-state index contributed by atoms with van der Waals surface area (Å²) in [6, 6.07) is 5.09. The van der Waals surface area contributed by atoms with Crippen molar-refractivity contribution in [3.8, 4) is 0 Å². The predicted molar refractivity (Wildman–Crippen MR) is 74.1 cm³/mol. The van der Waals surface area contributed by atoms with Crippen LogP contribution < -0.4 is 5.48 Å².